The zero-order valence-electron chi connectivity index (χ0n) is 8.53. The Balaban J connectivity index is 2.00. The molecule has 1 aromatic heterocycles. The summed E-state index contributed by atoms with van der Waals surface area (Å²) in [5.41, 5.74) is 0.811. The molecule has 1 N–H and O–H groups in total. The minimum absolute atomic E-state index is 0.0554. The quantitative estimate of drug-likeness (QED) is 0.915. The molecule has 90 valence electrons. The summed E-state index contributed by atoms with van der Waals surface area (Å²) < 4.78 is 29.0. The Morgan fingerprint density at radius 1 is 1.29 bits per heavy atom. The first-order valence-electron chi connectivity index (χ1n) is 4.75. The van der Waals surface area contributed by atoms with E-state index in [1.54, 1.807) is 18.2 Å². The van der Waals surface area contributed by atoms with Crippen LogP contribution in [-0.2, 0) is 6.54 Å². The summed E-state index contributed by atoms with van der Waals surface area (Å²) in [5.74, 6) is -0.702. The molecular formula is C10H8ClF2N3O. The van der Waals surface area contributed by atoms with Gasteiger partial charge in [-0.3, -0.25) is 0 Å². The van der Waals surface area contributed by atoms with Gasteiger partial charge in [0.05, 0.1) is 0 Å². The van der Waals surface area contributed by atoms with E-state index in [9.17, 15) is 8.78 Å². The van der Waals surface area contributed by atoms with Crippen LogP contribution in [0.5, 0.6) is 0 Å². The van der Waals surface area contributed by atoms with Gasteiger partial charge in [0.1, 0.15) is 0 Å². The van der Waals surface area contributed by atoms with Gasteiger partial charge in [0.15, 0.2) is 0 Å². The third-order valence-corrected chi connectivity index (χ3v) is 2.38. The average Bonchev–Trinajstić information content (AvgIpc) is 2.77. The molecule has 0 unspecified atom stereocenters. The molecule has 0 radical (unpaired) electrons. The van der Waals surface area contributed by atoms with Crippen molar-refractivity contribution < 1.29 is 13.2 Å². The van der Waals surface area contributed by atoms with Gasteiger partial charge in [-0.25, -0.2) is 0 Å². The van der Waals surface area contributed by atoms with E-state index >= 15 is 0 Å². The highest BCUT2D eigenvalue weighted by Gasteiger charge is 2.15. The Labute approximate surface area is 101 Å². The van der Waals surface area contributed by atoms with Crippen molar-refractivity contribution in [3.8, 4) is 0 Å². The lowest BCUT2D eigenvalue weighted by Gasteiger charge is -2.03. The summed E-state index contributed by atoms with van der Waals surface area (Å²) >= 11 is 5.92. The number of rotatable bonds is 4. The summed E-state index contributed by atoms with van der Waals surface area (Å²) in [5, 5.41) is 9.92. The van der Waals surface area contributed by atoms with Crippen molar-refractivity contribution in [1.29, 1.82) is 0 Å². The van der Waals surface area contributed by atoms with Crippen molar-refractivity contribution in [3.63, 3.8) is 0 Å². The number of alkyl halides is 2. The number of nitrogens with one attached hydrogen (secondary N) is 1. The normalized spacial score (nSPS) is 10.8. The zero-order chi connectivity index (χ0) is 12.3. The molecule has 0 saturated heterocycles. The number of halogens is 3. The van der Waals surface area contributed by atoms with E-state index in [0.29, 0.717) is 11.6 Å². The number of hydrogen-bond acceptors (Lipinski definition) is 4. The minimum atomic E-state index is -2.77. The van der Waals surface area contributed by atoms with E-state index in [-0.39, 0.29) is 6.01 Å². The van der Waals surface area contributed by atoms with Crippen LogP contribution in [-0.4, -0.2) is 10.2 Å². The lowest BCUT2D eigenvalue weighted by atomic mass is 10.2. The molecule has 0 bridgehead atoms. The number of anilines is 1. The molecule has 2 rings (SSSR count). The van der Waals surface area contributed by atoms with E-state index in [0.717, 1.165) is 5.56 Å². The van der Waals surface area contributed by atoms with Gasteiger partial charge >= 0.3 is 12.4 Å². The van der Waals surface area contributed by atoms with E-state index in [1.807, 2.05) is 6.07 Å². The van der Waals surface area contributed by atoms with Crippen molar-refractivity contribution in [2.75, 3.05) is 5.32 Å². The Morgan fingerprint density at radius 2 is 2.06 bits per heavy atom. The first-order chi connectivity index (χ1) is 8.16. The van der Waals surface area contributed by atoms with E-state index < -0.39 is 12.3 Å². The van der Waals surface area contributed by atoms with E-state index in [2.05, 4.69) is 19.9 Å². The second-order valence-corrected chi connectivity index (χ2v) is 3.60. The first kappa shape index (κ1) is 11.8. The van der Waals surface area contributed by atoms with Crippen LogP contribution in [0.15, 0.2) is 28.7 Å². The van der Waals surface area contributed by atoms with Crippen molar-refractivity contribution >= 4 is 17.6 Å². The fourth-order valence-electron chi connectivity index (χ4n) is 1.21. The smallest absolute Gasteiger partial charge is 0.315 e. The maximum Gasteiger partial charge on any atom is 0.315 e. The summed E-state index contributed by atoms with van der Waals surface area (Å²) in [6.07, 6.45) is -2.77. The second-order valence-electron chi connectivity index (χ2n) is 3.19. The maximum absolute atomic E-state index is 12.2. The SMILES string of the molecule is FC(F)c1nnc(NCc2ccccc2Cl)o1. The van der Waals surface area contributed by atoms with Crippen LogP contribution in [0.2, 0.25) is 5.02 Å². The molecule has 1 heterocycles. The summed E-state index contributed by atoms with van der Waals surface area (Å²) in [6, 6.07) is 7.10. The molecule has 4 nitrogen and oxygen atoms in total. The van der Waals surface area contributed by atoms with Gasteiger partial charge in [-0.1, -0.05) is 34.9 Å². The molecule has 2 aromatic rings. The standard InChI is InChI=1S/C10H8ClF2N3O/c11-7-4-2-1-3-6(7)5-14-10-16-15-9(17-10)8(12)13/h1-4,8H,5H2,(H,14,16). The topological polar surface area (TPSA) is 51.0 Å². The molecule has 0 fully saturated rings. The molecular weight excluding hydrogens is 252 g/mol. The monoisotopic (exact) mass is 259 g/mol. The van der Waals surface area contributed by atoms with Crippen LogP contribution in [0, 0.1) is 0 Å². The molecule has 7 heteroatoms. The van der Waals surface area contributed by atoms with Crippen LogP contribution < -0.4 is 5.32 Å². The van der Waals surface area contributed by atoms with Gasteiger partial charge in [-0.2, -0.15) is 8.78 Å². The van der Waals surface area contributed by atoms with Gasteiger partial charge < -0.3 is 9.73 Å². The molecule has 1 aromatic carbocycles. The third-order valence-electron chi connectivity index (χ3n) is 2.02. The van der Waals surface area contributed by atoms with Gasteiger partial charge in [-0.15, -0.1) is 5.10 Å². The predicted molar refractivity (Wildman–Crippen MR) is 58.0 cm³/mol. The molecule has 17 heavy (non-hydrogen) atoms. The van der Waals surface area contributed by atoms with Gasteiger partial charge in [0, 0.05) is 11.6 Å². The number of nitrogens with zero attached hydrogens (tertiary/aromatic N) is 2. The molecule has 0 aliphatic rings. The van der Waals surface area contributed by atoms with Crippen LogP contribution in [0.3, 0.4) is 0 Å². The molecule has 0 amide bonds. The van der Waals surface area contributed by atoms with Crippen LogP contribution >= 0.6 is 11.6 Å². The average molecular weight is 260 g/mol. The van der Waals surface area contributed by atoms with E-state index in [4.69, 9.17) is 11.6 Å². The Kier molecular flexibility index (Phi) is 3.53. The van der Waals surface area contributed by atoms with Crippen LogP contribution in [0.4, 0.5) is 14.8 Å². The molecule has 0 saturated carbocycles. The molecule has 0 spiro atoms. The predicted octanol–water partition coefficient (Wildman–Crippen LogP) is 3.27. The highest BCUT2D eigenvalue weighted by molar-refractivity contribution is 6.31. The van der Waals surface area contributed by atoms with Crippen LogP contribution in [0.25, 0.3) is 0 Å². The largest absolute Gasteiger partial charge is 0.402 e. The zero-order valence-corrected chi connectivity index (χ0v) is 9.29. The molecule has 0 aliphatic carbocycles. The number of benzene rings is 1. The molecule has 0 aliphatic heterocycles. The number of hydrogen-bond donors (Lipinski definition) is 1. The lowest BCUT2D eigenvalue weighted by molar-refractivity contribution is 0.116. The second kappa shape index (κ2) is 5.09. The highest BCUT2D eigenvalue weighted by Crippen LogP contribution is 2.20. The summed E-state index contributed by atoms with van der Waals surface area (Å²) in [4.78, 5) is 0. The van der Waals surface area contributed by atoms with Crippen molar-refractivity contribution in [2.45, 2.75) is 13.0 Å². The van der Waals surface area contributed by atoms with Crippen LogP contribution in [0.1, 0.15) is 17.9 Å². The van der Waals surface area contributed by atoms with Gasteiger partial charge in [0.2, 0.25) is 0 Å². The summed E-state index contributed by atoms with van der Waals surface area (Å²) in [7, 11) is 0. The lowest BCUT2D eigenvalue weighted by Crippen LogP contribution is -2.00. The minimum Gasteiger partial charge on any atom is -0.402 e. The highest BCUT2D eigenvalue weighted by atomic mass is 35.5. The van der Waals surface area contributed by atoms with Gasteiger partial charge in [-0.05, 0) is 11.6 Å². The van der Waals surface area contributed by atoms with Crippen molar-refractivity contribution in [3.05, 3.63) is 40.7 Å². The molecule has 0 atom stereocenters. The Morgan fingerprint density at radius 3 is 2.71 bits per heavy atom. The Bertz CT molecular complexity index is 504. The third kappa shape index (κ3) is 2.91. The van der Waals surface area contributed by atoms with Gasteiger partial charge in [0.25, 0.3) is 5.89 Å². The van der Waals surface area contributed by atoms with E-state index in [1.165, 1.54) is 0 Å². The maximum atomic E-state index is 12.2. The van der Waals surface area contributed by atoms with Crippen molar-refractivity contribution in [2.24, 2.45) is 0 Å². The fourth-order valence-corrected chi connectivity index (χ4v) is 1.41. The fraction of sp³-hybridized carbons (Fsp3) is 0.200. The number of aromatic nitrogens is 2. The Hall–Kier alpha value is -1.69. The first-order valence-corrected chi connectivity index (χ1v) is 5.13. The van der Waals surface area contributed by atoms with Crippen molar-refractivity contribution in [1.82, 2.24) is 10.2 Å². The summed E-state index contributed by atoms with van der Waals surface area (Å²) in [6.45, 7) is 0.324.